The van der Waals surface area contributed by atoms with E-state index in [0.717, 1.165) is 19.6 Å². The summed E-state index contributed by atoms with van der Waals surface area (Å²) >= 11 is 0. The van der Waals surface area contributed by atoms with Crippen molar-refractivity contribution in [3.63, 3.8) is 0 Å². The predicted molar refractivity (Wildman–Crippen MR) is 121 cm³/mol. The van der Waals surface area contributed by atoms with Gasteiger partial charge in [0.15, 0.2) is 0 Å². The van der Waals surface area contributed by atoms with Gasteiger partial charge in [0, 0.05) is 13.7 Å². The van der Waals surface area contributed by atoms with E-state index in [0.29, 0.717) is 6.10 Å². The number of rotatable bonds is 23. The molecule has 164 valence electrons. The molecule has 0 amide bonds. The van der Waals surface area contributed by atoms with Crippen molar-refractivity contribution in [3.05, 3.63) is 0 Å². The van der Waals surface area contributed by atoms with Crippen LogP contribution in [-0.2, 0) is 9.47 Å². The average Bonchev–Trinajstić information content (AvgIpc) is 2.69. The zero-order chi connectivity index (χ0) is 19.8. The van der Waals surface area contributed by atoms with Gasteiger partial charge in [-0.15, -0.1) is 0 Å². The number of ether oxygens (including phenoxy) is 2. The smallest absolute Gasteiger partial charge is 0.0804 e. The van der Waals surface area contributed by atoms with Gasteiger partial charge in [0.2, 0.25) is 0 Å². The lowest BCUT2D eigenvalue weighted by molar-refractivity contribution is 0.00218. The van der Waals surface area contributed by atoms with Crippen molar-refractivity contribution in [1.29, 1.82) is 0 Å². The Labute approximate surface area is 172 Å². The van der Waals surface area contributed by atoms with Crippen LogP contribution in [-0.4, -0.2) is 26.4 Å². The summed E-state index contributed by atoms with van der Waals surface area (Å²) in [4.78, 5) is 0. The first-order chi connectivity index (χ1) is 13.3. The topological polar surface area (TPSA) is 18.5 Å². The van der Waals surface area contributed by atoms with E-state index in [1.54, 1.807) is 0 Å². The van der Waals surface area contributed by atoms with E-state index < -0.39 is 0 Å². The van der Waals surface area contributed by atoms with Crippen molar-refractivity contribution in [2.24, 2.45) is 0 Å². The van der Waals surface area contributed by atoms with E-state index in [1.807, 2.05) is 7.11 Å². The highest BCUT2D eigenvalue weighted by molar-refractivity contribution is 4.57. The van der Waals surface area contributed by atoms with E-state index in [1.165, 1.54) is 116 Å². The van der Waals surface area contributed by atoms with Gasteiger partial charge in [0.25, 0.3) is 0 Å². The molecule has 0 saturated carbocycles. The summed E-state index contributed by atoms with van der Waals surface area (Å²) in [5, 5.41) is 0. The van der Waals surface area contributed by atoms with Crippen LogP contribution in [0.1, 0.15) is 136 Å². The third kappa shape index (κ3) is 22.1. The van der Waals surface area contributed by atoms with E-state index in [-0.39, 0.29) is 0 Å². The molecule has 0 fully saturated rings. The van der Waals surface area contributed by atoms with E-state index in [2.05, 4.69) is 13.8 Å². The highest BCUT2D eigenvalue weighted by Crippen LogP contribution is 2.13. The van der Waals surface area contributed by atoms with Crippen LogP contribution in [0.15, 0.2) is 0 Å². The fourth-order valence-electron chi connectivity index (χ4n) is 3.68. The van der Waals surface area contributed by atoms with Crippen LogP contribution in [0.4, 0.5) is 0 Å². The molecule has 0 saturated heterocycles. The van der Waals surface area contributed by atoms with Crippen LogP contribution in [0.25, 0.3) is 0 Å². The Morgan fingerprint density at radius 2 is 0.926 bits per heavy atom. The van der Waals surface area contributed by atoms with Crippen molar-refractivity contribution in [2.75, 3.05) is 20.3 Å². The maximum Gasteiger partial charge on any atom is 0.0804 e. The summed E-state index contributed by atoms with van der Waals surface area (Å²) in [5.41, 5.74) is 0. The molecule has 0 radical (unpaired) electrons. The molecule has 0 heterocycles. The van der Waals surface area contributed by atoms with Gasteiger partial charge in [-0.2, -0.15) is 0 Å². The number of hydrogen-bond acceptors (Lipinski definition) is 2. The number of methoxy groups -OCH3 is 1. The zero-order valence-electron chi connectivity index (χ0n) is 19.2. The van der Waals surface area contributed by atoms with Gasteiger partial charge in [-0.1, -0.05) is 123 Å². The quantitative estimate of drug-likeness (QED) is 0.164. The third-order valence-electron chi connectivity index (χ3n) is 5.66. The highest BCUT2D eigenvalue weighted by atomic mass is 16.5. The fraction of sp³-hybridized carbons (Fsp3) is 1.00. The van der Waals surface area contributed by atoms with Gasteiger partial charge in [-0.3, -0.25) is 0 Å². The second kappa shape index (κ2) is 24.0. The minimum absolute atomic E-state index is 0.300. The minimum Gasteiger partial charge on any atom is -0.379 e. The largest absolute Gasteiger partial charge is 0.379 e. The first-order valence-electron chi connectivity index (χ1n) is 12.5. The van der Waals surface area contributed by atoms with Crippen LogP contribution >= 0.6 is 0 Å². The van der Waals surface area contributed by atoms with E-state index in [4.69, 9.17) is 9.47 Å². The molecule has 0 aliphatic heterocycles. The van der Waals surface area contributed by atoms with E-state index >= 15 is 0 Å². The van der Waals surface area contributed by atoms with Gasteiger partial charge in [-0.05, 0) is 12.8 Å². The first-order valence-corrected chi connectivity index (χ1v) is 12.5. The Morgan fingerprint density at radius 1 is 0.519 bits per heavy atom. The summed E-state index contributed by atoms with van der Waals surface area (Å²) in [6, 6.07) is 0. The average molecular weight is 385 g/mol. The zero-order valence-corrected chi connectivity index (χ0v) is 19.2. The van der Waals surface area contributed by atoms with Gasteiger partial charge in [0.05, 0.1) is 12.7 Å². The molecular formula is C25H52O2. The van der Waals surface area contributed by atoms with Crippen LogP contribution in [0, 0.1) is 0 Å². The molecule has 0 rings (SSSR count). The molecule has 0 aliphatic rings. The molecular weight excluding hydrogens is 332 g/mol. The SMILES string of the molecule is CCCCCCCCCCCCCCCCOCC(CCCCCC)OC. The maximum absolute atomic E-state index is 5.83. The third-order valence-corrected chi connectivity index (χ3v) is 5.66. The molecule has 1 unspecified atom stereocenters. The Morgan fingerprint density at radius 3 is 1.37 bits per heavy atom. The summed E-state index contributed by atoms with van der Waals surface area (Å²) in [6.07, 6.45) is 26.4. The molecule has 0 N–H and O–H groups in total. The second-order valence-corrected chi connectivity index (χ2v) is 8.38. The fourth-order valence-corrected chi connectivity index (χ4v) is 3.68. The van der Waals surface area contributed by atoms with Crippen LogP contribution in [0.5, 0.6) is 0 Å². The van der Waals surface area contributed by atoms with Crippen molar-refractivity contribution >= 4 is 0 Å². The first kappa shape index (κ1) is 26.9. The second-order valence-electron chi connectivity index (χ2n) is 8.38. The van der Waals surface area contributed by atoms with Gasteiger partial charge >= 0.3 is 0 Å². The molecule has 0 spiro atoms. The molecule has 0 aromatic carbocycles. The lowest BCUT2D eigenvalue weighted by atomic mass is 10.0. The Hall–Kier alpha value is -0.0800. The lowest BCUT2D eigenvalue weighted by Crippen LogP contribution is -2.18. The monoisotopic (exact) mass is 384 g/mol. The molecule has 1 atom stereocenters. The molecule has 27 heavy (non-hydrogen) atoms. The Kier molecular flexibility index (Phi) is 23.9. The normalized spacial score (nSPS) is 12.6. The van der Waals surface area contributed by atoms with Gasteiger partial charge < -0.3 is 9.47 Å². The standard InChI is InChI=1S/C25H52O2/c1-4-6-8-10-11-12-13-14-15-16-17-18-19-21-23-27-24-25(26-3)22-20-9-7-5-2/h25H,4-24H2,1-3H3. The van der Waals surface area contributed by atoms with Gasteiger partial charge in [-0.25, -0.2) is 0 Å². The Balaban J connectivity index is 3.17. The van der Waals surface area contributed by atoms with Gasteiger partial charge in [0.1, 0.15) is 0 Å². The summed E-state index contributed by atoms with van der Waals surface area (Å²) in [7, 11) is 1.82. The van der Waals surface area contributed by atoms with Crippen LogP contribution in [0.2, 0.25) is 0 Å². The minimum atomic E-state index is 0.300. The van der Waals surface area contributed by atoms with Crippen LogP contribution < -0.4 is 0 Å². The summed E-state index contributed by atoms with van der Waals surface area (Å²) in [6.45, 7) is 6.24. The highest BCUT2D eigenvalue weighted by Gasteiger charge is 2.06. The summed E-state index contributed by atoms with van der Waals surface area (Å²) < 4.78 is 11.4. The number of hydrogen-bond donors (Lipinski definition) is 0. The molecule has 0 aromatic heterocycles. The van der Waals surface area contributed by atoms with Crippen molar-refractivity contribution in [2.45, 2.75) is 142 Å². The predicted octanol–water partition coefficient (Wildman–Crippen LogP) is 8.47. The molecule has 0 bridgehead atoms. The lowest BCUT2D eigenvalue weighted by Gasteiger charge is -2.15. The molecule has 0 aromatic rings. The van der Waals surface area contributed by atoms with Crippen molar-refractivity contribution < 1.29 is 9.47 Å². The number of unbranched alkanes of at least 4 members (excludes halogenated alkanes) is 16. The summed E-state index contributed by atoms with van der Waals surface area (Å²) in [5.74, 6) is 0. The van der Waals surface area contributed by atoms with Crippen molar-refractivity contribution in [3.8, 4) is 0 Å². The van der Waals surface area contributed by atoms with Crippen LogP contribution in [0.3, 0.4) is 0 Å². The molecule has 2 heteroatoms. The molecule has 0 aliphatic carbocycles. The Bertz CT molecular complexity index is 255. The molecule has 2 nitrogen and oxygen atoms in total. The van der Waals surface area contributed by atoms with Crippen molar-refractivity contribution in [1.82, 2.24) is 0 Å². The van der Waals surface area contributed by atoms with E-state index in [9.17, 15) is 0 Å². The maximum atomic E-state index is 5.83.